The summed E-state index contributed by atoms with van der Waals surface area (Å²) in [5, 5.41) is 10.3. The first kappa shape index (κ1) is 24.2. The van der Waals surface area contributed by atoms with Gasteiger partial charge in [0.2, 0.25) is 11.7 Å². The number of hydrogen-bond acceptors (Lipinski definition) is 7. The predicted molar refractivity (Wildman–Crippen MR) is 119 cm³/mol. The highest BCUT2D eigenvalue weighted by Crippen LogP contribution is 2.32. The molecule has 1 aliphatic rings. The number of nitrogens with zero attached hydrogens (tertiary/aromatic N) is 5. The minimum absolute atomic E-state index is 0.0618. The normalized spacial score (nSPS) is 14.1. The van der Waals surface area contributed by atoms with Gasteiger partial charge in [-0.1, -0.05) is 5.16 Å². The highest BCUT2D eigenvalue weighted by atomic mass is 19.4. The van der Waals surface area contributed by atoms with Crippen molar-refractivity contribution in [3.63, 3.8) is 0 Å². The second-order valence-corrected chi connectivity index (χ2v) is 8.41. The van der Waals surface area contributed by atoms with Gasteiger partial charge in [-0.25, -0.2) is 13.7 Å². The molecule has 0 unspecified atom stereocenters. The Bertz CT molecular complexity index is 1520. The monoisotopic (exact) mass is 518 g/mol. The molecule has 0 saturated carbocycles. The number of likely N-dealkylation sites (tertiary alicyclic amines) is 1. The third kappa shape index (κ3) is 4.45. The molecule has 1 aliphatic heterocycles. The van der Waals surface area contributed by atoms with Gasteiger partial charge in [-0.15, -0.1) is 0 Å². The number of anilines is 1. The molecule has 0 bridgehead atoms. The summed E-state index contributed by atoms with van der Waals surface area (Å²) >= 11 is 0. The Labute approximate surface area is 205 Å². The Hall–Kier alpha value is -4.49. The maximum Gasteiger partial charge on any atom is 0.416 e. The average Bonchev–Trinajstić information content (AvgIpc) is 3.47. The molecular weight excluding hydrogens is 500 g/mol. The summed E-state index contributed by atoms with van der Waals surface area (Å²) in [6.45, 7) is 2.09. The summed E-state index contributed by atoms with van der Waals surface area (Å²) in [4.78, 5) is 30.2. The molecule has 0 atom stereocenters. The van der Waals surface area contributed by atoms with Crippen LogP contribution in [0.3, 0.4) is 0 Å². The van der Waals surface area contributed by atoms with Gasteiger partial charge in [0.05, 0.1) is 35.9 Å². The first-order valence-electron chi connectivity index (χ1n) is 10.9. The molecule has 2 amide bonds. The van der Waals surface area contributed by atoms with Crippen LogP contribution in [0.4, 0.5) is 28.0 Å². The summed E-state index contributed by atoms with van der Waals surface area (Å²) in [5.74, 6) is -1.33. The lowest BCUT2D eigenvalue weighted by Gasteiger charge is -2.35. The van der Waals surface area contributed by atoms with E-state index in [4.69, 9.17) is 4.52 Å². The van der Waals surface area contributed by atoms with Crippen LogP contribution in [0.1, 0.15) is 33.3 Å². The molecule has 1 aromatic carbocycles. The number of aromatic nitrogens is 4. The van der Waals surface area contributed by atoms with Gasteiger partial charge in [-0.2, -0.15) is 23.3 Å². The topological polar surface area (TPSA) is 115 Å². The maximum atomic E-state index is 14.7. The summed E-state index contributed by atoms with van der Waals surface area (Å²) in [5.41, 5.74) is -0.756. The number of hydrogen-bond donors (Lipinski definition) is 1. The van der Waals surface area contributed by atoms with Crippen LogP contribution < -0.4 is 5.32 Å². The summed E-state index contributed by atoms with van der Waals surface area (Å²) in [6.07, 6.45) is -2.85. The number of benzene rings is 1. The highest BCUT2D eigenvalue weighted by Gasteiger charge is 2.36. The van der Waals surface area contributed by atoms with Crippen LogP contribution in [0.5, 0.6) is 0 Å². The smallest absolute Gasteiger partial charge is 0.416 e. The molecule has 37 heavy (non-hydrogen) atoms. The van der Waals surface area contributed by atoms with E-state index in [-0.39, 0.29) is 45.5 Å². The number of ether oxygens (including phenoxy) is 1. The van der Waals surface area contributed by atoms with E-state index in [1.807, 2.05) is 0 Å². The van der Waals surface area contributed by atoms with Gasteiger partial charge in [0.1, 0.15) is 5.82 Å². The number of amides is 2. The van der Waals surface area contributed by atoms with Crippen molar-refractivity contribution in [3.05, 3.63) is 65.1 Å². The van der Waals surface area contributed by atoms with Gasteiger partial charge >= 0.3 is 12.3 Å². The SMILES string of the molecule is COC(=O)N1CC(c2nc(-c3cc(F)c(C)c(NC(=O)c4cnn5ccc(C(F)(F)F)cc45)c3)no2)C1. The third-order valence-electron chi connectivity index (χ3n) is 6.05. The van der Waals surface area contributed by atoms with Crippen molar-refractivity contribution >= 4 is 23.2 Å². The fourth-order valence-electron chi connectivity index (χ4n) is 3.89. The Morgan fingerprint density at radius 2 is 1.97 bits per heavy atom. The quantitative estimate of drug-likeness (QED) is 0.401. The third-order valence-corrected chi connectivity index (χ3v) is 6.05. The zero-order valence-electron chi connectivity index (χ0n) is 19.3. The lowest BCUT2D eigenvalue weighted by atomic mass is 10.0. The molecule has 0 spiro atoms. The van der Waals surface area contributed by atoms with E-state index >= 15 is 0 Å². The van der Waals surface area contributed by atoms with Crippen molar-refractivity contribution < 1.29 is 36.4 Å². The number of methoxy groups -OCH3 is 1. The number of pyridine rings is 1. The molecule has 1 N–H and O–H groups in total. The summed E-state index contributed by atoms with van der Waals surface area (Å²) in [7, 11) is 1.28. The average molecular weight is 518 g/mol. The predicted octanol–water partition coefficient (Wildman–Crippen LogP) is 4.27. The molecule has 14 heteroatoms. The highest BCUT2D eigenvalue weighted by molar-refractivity contribution is 6.09. The number of carbonyl (C=O) groups is 2. The Kier molecular flexibility index (Phi) is 5.80. The van der Waals surface area contributed by atoms with Crippen LogP contribution >= 0.6 is 0 Å². The standard InChI is InChI=1S/C23H18F4N6O4/c1-11-16(24)5-12(19-30-21(37-31-19)13-9-32(10-13)22(35)36-2)6-17(11)29-20(34)15-8-28-33-4-3-14(7-18(15)33)23(25,26)27/h3-8,13H,9-10H2,1-2H3,(H,29,34). The lowest BCUT2D eigenvalue weighted by Crippen LogP contribution is -2.48. The van der Waals surface area contributed by atoms with Crippen LogP contribution in [0, 0.1) is 12.7 Å². The summed E-state index contributed by atoms with van der Waals surface area (Å²) < 4.78 is 65.2. The van der Waals surface area contributed by atoms with Crippen LogP contribution in [0.25, 0.3) is 16.9 Å². The Balaban J connectivity index is 1.39. The van der Waals surface area contributed by atoms with Crippen molar-refractivity contribution in [2.24, 2.45) is 0 Å². The van der Waals surface area contributed by atoms with Crippen LogP contribution in [-0.2, 0) is 10.9 Å². The molecule has 1 fully saturated rings. The van der Waals surface area contributed by atoms with Crippen molar-refractivity contribution in [3.8, 4) is 11.4 Å². The minimum atomic E-state index is -4.60. The van der Waals surface area contributed by atoms with Gasteiger partial charge in [-0.05, 0) is 31.2 Å². The number of alkyl halides is 3. The second kappa shape index (κ2) is 8.87. The number of nitrogens with one attached hydrogen (secondary N) is 1. The molecule has 4 heterocycles. The molecular formula is C23H18F4N6O4. The minimum Gasteiger partial charge on any atom is -0.453 e. The molecule has 0 aliphatic carbocycles. The van der Waals surface area contributed by atoms with Crippen molar-refractivity contribution in [1.82, 2.24) is 24.7 Å². The number of fused-ring (bicyclic) bond motifs is 1. The first-order chi connectivity index (χ1) is 17.5. The van der Waals surface area contributed by atoms with E-state index in [1.165, 1.54) is 31.1 Å². The zero-order valence-corrected chi connectivity index (χ0v) is 19.3. The van der Waals surface area contributed by atoms with Gasteiger partial charge in [-0.3, -0.25) is 4.79 Å². The number of carbonyl (C=O) groups excluding carboxylic acids is 2. The van der Waals surface area contributed by atoms with E-state index in [2.05, 4.69) is 25.3 Å². The molecule has 5 rings (SSSR count). The van der Waals surface area contributed by atoms with Gasteiger partial charge in [0.15, 0.2) is 0 Å². The van der Waals surface area contributed by atoms with E-state index in [9.17, 15) is 27.2 Å². The molecule has 3 aromatic heterocycles. The Morgan fingerprint density at radius 1 is 1.22 bits per heavy atom. The van der Waals surface area contributed by atoms with E-state index in [0.717, 1.165) is 29.0 Å². The van der Waals surface area contributed by atoms with E-state index < -0.39 is 29.6 Å². The summed E-state index contributed by atoms with van der Waals surface area (Å²) in [6, 6.07) is 4.26. The van der Waals surface area contributed by atoms with E-state index in [0.29, 0.717) is 13.1 Å². The van der Waals surface area contributed by atoms with Crippen molar-refractivity contribution in [2.45, 2.75) is 19.0 Å². The molecule has 192 valence electrons. The molecule has 4 aromatic rings. The van der Waals surface area contributed by atoms with Crippen LogP contribution in [0.2, 0.25) is 0 Å². The number of halogens is 4. The van der Waals surface area contributed by atoms with Crippen molar-refractivity contribution in [2.75, 3.05) is 25.5 Å². The van der Waals surface area contributed by atoms with E-state index in [1.54, 1.807) is 0 Å². The fraction of sp³-hybridized carbons (Fsp3) is 0.261. The fourth-order valence-corrected chi connectivity index (χ4v) is 3.89. The maximum absolute atomic E-state index is 14.7. The van der Waals surface area contributed by atoms with Crippen LogP contribution in [0.15, 0.2) is 41.2 Å². The largest absolute Gasteiger partial charge is 0.453 e. The van der Waals surface area contributed by atoms with Crippen LogP contribution in [-0.4, -0.2) is 56.9 Å². The molecule has 0 radical (unpaired) electrons. The molecule has 10 nitrogen and oxygen atoms in total. The second-order valence-electron chi connectivity index (χ2n) is 8.41. The first-order valence-corrected chi connectivity index (χ1v) is 10.9. The van der Waals surface area contributed by atoms with Crippen molar-refractivity contribution in [1.29, 1.82) is 0 Å². The molecule has 1 saturated heterocycles. The number of rotatable bonds is 4. The zero-order chi connectivity index (χ0) is 26.5. The Morgan fingerprint density at radius 3 is 2.68 bits per heavy atom. The van der Waals surface area contributed by atoms with Gasteiger partial charge in [0.25, 0.3) is 5.91 Å². The van der Waals surface area contributed by atoms with Gasteiger partial charge in [0, 0.05) is 36.1 Å². The lowest BCUT2D eigenvalue weighted by molar-refractivity contribution is -0.137. The van der Waals surface area contributed by atoms with Gasteiger partial charge < -0.3 is 19.5 Å².